The summed E-state index contributed by atoms with van der Waals surface area (Å²) >= 11 is 0. The van der Waals surface area contributed by atoms with E-state index in [1.807, 2.05) is 60.8 Å². The predicted octanol–water partition coefficient (Wildman–Crippen LogP) is 7.44. The molecule has 190 valence electrons. The van der Waals surface area contributed by atoms with Crippen LogP contribution in [0.2, 0.25) is 0 Å². The molecular weight excluding hydrogens is 483 g/mol. The zero-order chi connectivity index (χ0) is 26.6. The molecule has 6 aromatic rings. The van der Waals surface area contributed by atoms with Crippen LogP contribution < -0.4 is 19.5 Å². The number of hydrogen-bond donors (Lipinski definition) is 0. The van der Waals surface area contributed by atoms with Crippen molar-refractivity contribution in [2.45, 2.75) is 26.2 Å². The fourth-order valence-electron chi connectivity index (χ4n) is 5.16. The quantitative estimate of drug-likeness (QED) is 0.231. The van der Waals surface area contributed by atoms with Gasteiger partial charge >= 0.3 is 7.12 Å². The van der Waals surface area contributed by atoms with Gasteiger partial charge in [-0.1, -0.05) is 63.2 Å². The highest BCUT2D eigenvalue weighted by atomic mass is 16.6. The number of hydrogen-bond acceptors (Lipinski definition) is 4. The average Bonchev–Trinajstić information content (AvgIpc) is 3.52. The van der Waals surface area contributed by atoms with Crippen LogP contribution in [0.15, 0.2) is 109 Å². The van der Waals surface area contributed by atoms with E-state index < -0.39 is 7.12 Å². The molecule has 3 heterocycles. The highest BCUT2D eigenvalue weighted by Gasteiger charge is 2.34. The number of benzene rings is 4. The van der Waals surface area contributed by atoms with Crippen LogP contribution in [0.4, 0.5) is 0 Å². The first-order valence-corrected chi connectivity index (χ1v) is 13.1. The minimum atomic E-state index is -0.503. The standard InChI is InChI=1S/C33H27BN2O3/c1-33(2,3)22-17-18-35-32(19-22)36-28-12-5-4-11-26(28)27-16-15-25(21-29(27)36)37-24-10-8-9-23(20-24)34-38-30-13-6-7-14-31(30)39-34/h4-21H,1-3H3. The van der Waals surface area contributed by atoms with E-state index in [1.165, 1.54) is 10.9 Å². The van der Waals surface area contributed by atoms with Crippen LogP contribution in [0.3, 0.4) is 0 Å². The van der Waals surface area contributed by atoms with E-state index in [1.54, 1.807) is 0 Å². The Morgan fingerprint density at radius 2 is 1.41 bits per heavy atom. The molecule has 0 saturated carbocycles. The second-order valence-electron chi connectivity index (χ2n) is 10.9. The van der Waals surface area contributed by atoms with Crippen molar-refractivity contribution < 1.29 is 14.0 Å². The van der Waals surface area contributed by atoms with Crippen LogP contribution >= 0.6 is 0 Å². The third-order valence-corrected chi connectivity index (χ3v) is 7.17. The lowest BCUT2D eigenvalue weighted by atomic mass is 9.79. The summed E-state index contributed by atoms with van der Waals surface area (Å²) in [5, 5.41) is 2.33. The molecule has 1 aliphatic rings. The summed E-state index contributed by atoms with van der Waals surface area (Å²) in [6.07, 6.45) is 1.90. The highest BCUT2D eigenvalue weighted by molar-refractivity contribution is 6.63. The van der Waals surface area contributed by atoms with Crippen LogP contribution in [-0.4, -0.2) is 16.7 Å². The lowest BCUT2D eigenvalue weighted by Gasteiger charge is -2.20. The van der Waals surface area contributed by atoms with Crippen molar-refractivity contribution in [2.24, 2.45) is 0 Å². The summed E-state index contributed by atoms with van der Waals surface area (Å²) in [6, 6.07) is 34.5. The van der Waals surface area contributed by atoms with Gasteiger partial charge < -0.3 is 14.0 Å². The van der Waals surface area contributed by atoms with Gasteiger partial charge in [0.25, 0.3) is 0 Å². The normalized spacial score (nSPS) is 12.8. The first-order valence-electron chi connectivity index (χ1n) is 13.1. The van der Waals surface area contributed by atoms with Gasteiger partial charge in [-0.2, -0.15) is 0 Å². The molecule has 7 rings (SSSR count). The number of rotatable bonds is 4. The molecule has 1 aliphatic heterocycles. The lowest BCUT2D eigenvalue weighted by molar-refractivity contribution is 0.482. The van der Waals surface area contributed by atoms with Crippen molar-refractivity contribution in [3.63, 3.8) is 0 Å². The summed E-state index contributed by atoms with van der Waals surface area (Å²) in [7, 11) is -0.503. The second kappa shape index (κ2) is 8.95. The summed E-state index contributed by atoms with van der Waals surface area (Å²) in [5.41, 5.74) is 4.30. The number of para-hydroxylation sites is 3. The molecule has 6 heteroatoms. The first kappa shape index (κ1) is 23.4. The molecule has 2 aromatic heterocycles. The smallest absolute Gasteiger partial charge is 0.519 e. The molecule has 4 aromatic carbocycles. The number of aromatic nitrogens is 2. The van der Waals surface area contributed by atoms with E-state index in [2.05, 4.69) is 73.9 Å². The summed E-state index contributed by atoms with van der Waals surface area (Å²) in [4.78, 5) is 4.78. The molecule has 0 fully saturated rings. The maximum Gasteiger partial charge on any atom is 0.632 e. The molecule has 0 radical (unpaired) electrons. The maximum atomic E-state index is 6.38. The predicted molar refractivity (Wildman–Crippen MR) is 157 cm³/mol. The fourth-order valence-corrected chi connectivity index (χ4v) is 5.16. The number of fused-ring (bicyclic) bond motifs is 4. The molecule has 0 bridgehead atoms. The lowest BCUT2D eigenvalue weighted by Crippen LogP contribution is -2.38. The zero-order valence-corrected chi connectivity index (χ0v) is 22.1. The third kappa shape index (κ3) is 4.18. The highest BCUT2D eigenvalue weighted by Crippen LogP contribution is 2.36. The summed E-state index contributed by atoms with van der Waals surface area (Å²) < 4.78 is 20.6. The van der Waals surface area contributed by atoms with Gasteiger partial charge in [0.1, 0.15) is 28.8 Å². The van der Waals surface area contributed by atoms with E-state index in [-0.39, 0.29) is 5.41 Å². The molecule has 5 nitrogen and oxygen atoms in total. The van der Waals surface area contributed by atoms with Gasteiger partial charge in [0.2, 0.25) is 0 Å². The van der Waals surface area contributed by atoms with E-state index in [0.717, 1.165) is 44.9 Å². The Hall–Kier alpha value is -4.71. The minimum absolute atomic E-state index is 0.0177. The number of nitrogens with zero attached hydrogens (tertiary/aromatic N) is 2. The van der Waals surface area contributed by atoms with Crippen molar-refractivity contribution in [3.05, 3.63) is 115 Å². The number of pyridine rings is 1. The third-order valence-electron chi connectivity index (χ3n) is 7.17. The molecule has 0 spiro atoms. The van der Waals surface area contributed by atoms with E-state index in [0.29, 0.717) is 5.75 Å². The van der Waals surface area contributed by atoms with Crippen LogP contribution in [0.5, 0.6) is 23.0 Å². The van der Waals surface area contributed by atoms with Gasteiger partial charge in [0, 0.05) is 28.5 Å². The molecule has 0 aliphatic carbocycles. The Balaban J connectivity index is 1.27. The second-order valence-corrected chi connectivity index (χ2v) is 10.9. The molecule has 0 atom stereocenters. The van der Waals surface area contributed by atoms with Crippen molar-refractivity contribution in [1.29, 1.82) is 0 Å². The van der Waals surface area contributed by atoms with Gasteiger partial charge in [0.15, 0.2) is 0 Å². The topological polar surface area (TPSA) is 45.5 Å². The fraction of sp³-hybridized carbons (Fsp3) is 0.121. The molecule has 0 N–H and O–H groups in total. The summed E-state index contributed by atoms with van der Waals surface area (Å²) in [6.45, 7) is 6.66. The van der Waals surface area contributed by atoms with E-state index >= 15 is 0 Å². The zero-order valence-electron chi connectivity index (χ0n) is 22.1. The molecule has 39 heavy (non-hydrogen) atoms. The van der Waals surface area contributed by atoms with E-state index in [4.69, 9.17) is 19.0 Å². The molecule has 0 amide bonds. The van der Waals surface area contributed by atoms with Crippen LogP contribution in [0, 0.1) is 0 Å². The van der Waals surface area contributed by atoms with Gasteiger partial charge in [0.05, 0.1) is 11.0 Å². The van der Waals surface area contributed by atoms with Crippen molar-refractivity contribution >= 4 is 34.4 Å². The molecule has 0 saturated heterocycles. The van der Waals surface area contributed by atoms with Gasteiger partial charge in [-0.05, 0) is 65.6 Å². The van der Waals surface area contributed by atoms with Gasteiger partial charge in [-0.25, -0.2) is 4.98 Å². The molecular formula is C33H27BN2O3. The minimum Gasteiger partial charge on any atom is -0.519 e. The Morgan fingerprint density at radius 3 is 2.21 bits per heavy atom. The van der Waals surface area contributed by atoms with Crippen LogP contribution in [0.1, 0.15) is 26.3 Å². The van der Waals surface area contributed by atoms with E-state index in [9.17, 15) is 0 Å². The summed E-state index contributed by atoms with van der Waals surface area (Å²) in [5.74, 6) is 3.84. The van der Waals surface area contributed by atoms with Crippen LogP contribution in [-0.2, 0) is 5.41 Å². The Morgan fingerprint density at radius 1 is 0.692 bits per heavy atom. The average molecular weight is 510 g/mol. The Labute approximate surface area is 227 Å². The Bertz CT molecular complexity index is 1830. The van der Waals surface area contributed by atoms with Crippen molar-refractivity contribution in [1.82, 2.24) is 9.55 Å². The van der Waals surface area contributed by atoms with Crippen molar-refractivity contribution in [3.8, 4) is 28.8 Å². The Kier molecular flexibility index (Phi) is 5.37. The van der Waals surface area contributed by atoms with Crippen molar-refractivity contribution in [2.75, 3.05) is 0 Å². The van der Waals surface area contributed by atoms with Gasteiger partial charge in [-0.15, -0.1) is 0 Å². The van der Waals surface area contributed by atoms with Gasteiger partial charge in [-0.3, -0.25) is 4.57 Å². The SMILES string of the molecule is CC(C)(C)c1ccnc(-n2c3ccccc3c3ccc(Oc4cccc(B5Oc6ccccc6O5)c4)cc32)c1. The largest absolute Gasteiger partial charge is 0.632 e. The van der Waals surface area contributed by atoms with Crippen LogP contribution in [0.25, 0.3) is 27.6 Å². The monoisotopic (exact) mass is 510 g/mol. The number of ether oxygens (including phenoxy) is 1. The maximum absolute atomic E-state index is 6.38. The first-order chi connectivity index (χ1) is 18.9. The molecule has 0 unspecified atom stereocenters.